The average molecular weight is 394 g/mol. The summed E-state index contributed by atoms with van der Waals surface area (Å²) < 4.78 is 52.7. The number of anilines is 1. The van der Waals surface area contributed by atoms with E-state index in [0.717, 1.165) is 25.1 Å². The van der Waals surface area contributed by atoms with Crippen LogP contribution in [0.2, 0.25) is 0 Å². The van der Waals surface area contributed by atoms with Crippen molar-refractivity contribution in [2.75, 3.05) is 11.9 Å². The lowest BCUT2D eigenvalue weighted by Crippen LogP contribution is -2.39. The van der Waals surface area contributed by atoms with Gasteiger partial charge in [0.1, 0.15) is 5.82 Å². The van der Waals surface area contributed by atoms with Gasteiger partial charge in [0, 0.05) is 18.3 Å². The Morgan fingerprint density at radius 3 is 2.32 bits per heavy atom. The van der Waals surface area contributed by atoms with E-state index in [4.69, 9.17) is 0 Å². The van der Waals surface area contributed by atoms with Crippen molar-refractivity contribution in [1.82, 2.24) is 5.32 Å². The summed E-state index contributed by atoms with van der Waals surface area (Å²) in [5.41, 5.74) is -0.740. The largest absolute Gasteiger partial charge is 0.417 e. The summed E-state index contributed by atoms with van der Waals surface area (Å²) >= 11 is 0. The predicted octanol–water partition coefficient (Wildman–Crippen LogP) is 5.25. The number of carbonyl (C=O) groups is 1. The Balaban J connectivity index is 1.53. The van der Waals surface area contributed by atoms with Crippen molar-refractivity contribution in [3.63, 3.8) is 0 Å². The molecule has 2 aromatic rings. The Hall–Kier alpha value is -2.57. The van der Waals surface area contributed by atoms with Gasteiger partial charge in [-0.25, -0.2) is 4.39 Å². The highest BCUT2D eigenvalue weighted by molar-refractivity contribution is 5.96. The lowest BCUT2D eigenvalue weighted by Gasteiger charge is -2.29. The second kappa shape index (κ2) is 8.63. The van der Waals surface area contributed by atoms with Crippen molar-refractivity contribution in [3.05, 3.63) is 65.5 Å². The van der Waals surface area contributed by atoms with Crippen LogP contribution in [0, 0.1) is 11.7 Å². The van der Waals surface area contributed by atoms with E-state index in [2.05, 4.69) is 10.6 Å². The summed E-state index contributed by atoms with van der Waals surface area (Å²) in [5.74, 6) is -1.31. The van der Waals surface area contributed by atoms with Crippen molar-refractivity contribution < 1.29 is 22.4 Å². The maximum Gasteiger partial charge on any atom is 0.417 e. The molecule has 2 N–H and O–H groups in total. The first-order chi connectivity index (χ1) is 13.3. The zero-order valence-electron chi connectivity index (χ0n) is 15.2. The molecule has 0 aliphatic heterocycles. The summed E-state index contributed by atoms with van der Waals surface area (Å²) in [6.45, 7) is 0.812. The average Bonchev–Trinajstić information content (AvgIpc) is 2.67. The molecule has 1 aliphatic rings. The Bertz CT molecular complexity index is 800. The van der Waals surface area contributed by atoms with Crippen LogP contribution in [0.3, 0.4) is 0 Å². The predicted molar refractivity (Wildman–Crippen MR) is 99.5 cm³/mol. The van der Waals surface area contributed by atoms with Gasteiger partial charge < -0.3 is 10.6 Å². The maximum absolute atomic E-state index is 13.4. The van der Waals surface area contributed by atoms with Crippen LogP contribution in [-0.2, 0) is 6.18 Å². The molecule has 0 saturated heterocycles. The first-order valence-electron chi connectivity index (χ1n) is 9.29. The molecule has 0 aromatic heterocycles. The molecule has 1 aliphatic carbocycles. The van der Waals surface area contributed by atoms with Crippen molar-refractivity contribution in [2.45, 2.75) is 37.9 Å². The fourth-order valence-corrected chi connectivity index (χ4v) is 3.54. The quantitative estimate of drug-likeness (QED) is 0.681. The van der Waals surface area contributed by atoms with Crippen LogP contribution in [0.1, 0.15) is 41.6 Å². The van der Waals surface area contributed by atoms with E-state index in [0.29, 0.717) is 37.0 Å². The van der Waals surface area contributed by atoms with Crippen LogP contribution in [0.25, 0.3) is 0 Å². The van der Waals surface area contributed by atoms with Crippen LogP contribution in [-0.4, -0.2) is 18.5 Å². The third-order valence-corrected chi connectivity index (χ3v) is 5.08. The molecular formula is C21H22F4N2O. The molecule has 0 spiro atoms. The maximum atomic E-state index is 13.4. The summed E-state index contributed by atoms with van der Waals surface area (Å²) in [6, 6.07) is 11.6. The number of amides is 1. The lowest BCUT2D eigenvalue weighted by molar-refractivity contribution is -0.138. The van der Waals surface area contributed by atoms with E-state index in [9.17, 15) is 22.4 Å². The van der Waals surface area contributed by atoms with Crippen molar-refractivity contribution in [3.8, 4) is 0 Å². The molecule has 0 radical (unpaired) electrons. The number of rotatable bonds is 5. The molecule has 0 unspecified atom stereocenters. The van der Waals surface area contributed by atoms with E-state index >= 15 is 0 Å². The highest BCUT2D eigenvalue weighted by Crippen LogP contribution is 2.33. The Labute approximate surface area is 161 Å². The SMILES string of the molecule is O=C(N[C@H]1CC[C@H](CNc2ccccc2)CC1)c1cc(F)ccc1C(F)(F)F. The number of alkyl halides is 3. The van der Waals surface area contributed by atoms with Crippen LogP contribution in [0.4, 0.5) is 23.2 Å². The molecule has 1 saturated carbocycles. The van der Waals surface area contributed by atoms with Crippen molar-refractivity contribution >= 4 is 11.6 Å². The Morgan fingerprint density at radius 1 is 1.00 bits per heavy atom. The van der Waals surface area contributed by atoms with Crippen LogP contribution >= 0.6 is 0 Å². The van der Waals surface area contributed by atoms with Gasteiger partial charge in [-0.3, -0.25) is 4.79 Å². The fourth-order valence-electron chi connectivity index (χ4n) is 3.54. The minimum Gasteiger partial charge on any atom is -0.385 e. The van der Waals surface area contributed by atoms with E-state index in [-0.39, 0.29) is 6.04 Å². The number of halogens is 4. The summed E-state index contributed by atoms with van der Waals surface area (Å²) in [7, 11) is 0. The van der Waals surface area contributed by atoms with Gasteiger partial charge in [-0.15, -0.1) is 0 Å². The van der Waals surface area contributed by atoms with Crippen LogP contribution in [0.15, 0.2) is 48.5 Å². The van der Waals surface area contributed by atoms with E-state index in [1.807, 2.05) is 30.3 Å². The molecule has 28 heavy (non-hydrogen) atoms. The van der Waals surface area contributed by atoms with Gasteiger partial charge in [0.05, 0.1) is 11.1 Å². The molecule has 3 rings (SSSR count). The number of nitrogens with one attached hydrogen (secondary N) is 2. The zero-order valence-corrected chi connectivity index (χ0v) is 15.2. The second-order valence-corrected chi connectivity index (χ2v) is 7.13. The number of para-hydroxylation sites is 1. The smallest absolute Gasteiger partial charge is 0.385 e. The summed E-state index contributed by atoms with van der Waals surface area (Å²) in [5, 5.41) is 6.02. The highest BCUT2D eigenvalue weighted by Gasteiger charge is 2.36. The molecule has 7 heteroatoms. The number of benzene rings is 2. The first kappa shape index (κ1) is 20.2. The normalized spacial score (nSPS) is 19.9. The van der Waals surface area contributed by atoms with Crippen molar-refractivity contribution in [1.29, 1.82) is 0 Å². The lowest BCUT2D eigenvalue weighted by atomic mass is 9.85. The summed E-state index contributed by atoms with van der Waals surface area (Å²) in [6.07, 6.45) is -1.62. The molecule has 0 atom stereocenters. The van der Waals surface area contributed by atoms with Crippen LogP contribution in [0.5, 0.6) is 0 Å². The number of hydrogen-bond acceptors (Lipinski definition) is 2. The first-order valence-corrected chi connectivity index (χ1v) is 9.29. The minimum absolute atomic E-state index is 0.204. The van der Waals surface area contributed by atoms with Gasteiger partial charge in [0.2, 0.25) is 0 Å². The van der Waals surface area contributed by atoms with Gasteiger partial charge in [-0.05, 0) is 61.9 Å². The van der Waals surface area contributed by atoms with Gasteiger partial charge in [-0.2, -0.15) is 13.2 Å². The third kappa shape index (κ3) is 5.24. The zero-order chi connectivity index (χ0) is 20.1. The fraction of sp³-hybridized carbons (Fsp3) is 0.381. The number of hydrogen-bond donors (Lipinski definition) is 2. The molecule has 0 bridgehead atoms. The second-order valence-electron chi connectivity index (χ2n) is 7.13. The molecule has 2 aromatic carbocycles. The minimum atomic E-state index is -4.71. The van der Waals surface area contributed by atoms with Gasteiger partial charge in [-0.1, -0.05) is 18.2 Å². The van der Waals surface area contributed by atoms with E-state index in [1.165, 1.54) is 0 Å². The summed E-state index contributed by atoms with van der Waals surface area (Å²) in [4.78, 5) is 12.3. The van der Waals surface area contributed by atoms with E-state index in [1.54, 1.807) is 0 Å². The molecule has 3 nitrogen and oxygen atoms in total. The molecule has 1 fully saturated rings. The molecule has 150 valence electrons. The van der Waals surface area contributed by atoms with Crippen molar-refractivity contribution in [2.24, 2.45) is 5.92 Å². The highest BCUT2D eigenvalue weighted by atomic mass is 19.4. The molecular weight excluding hydrogens is 372 g/mol. The third-order valence-electron chi connectivity index (χ3n) is 5.08. The van der Waals surface area contributed by atoms with Crippen LogP contribution < -0.4 is 10.6 Å². The van der Waals surface area contributed by atoms with Gasteiger partial charge in [0.25, 0.3) is 5.91 Å². The van der Waals surface area contributed by atoms with Gasteiger partial charge in [0.15, 0.2) is 0 Å². The monoisotopic (exact) mass is 394 g/mol. The Morgan fingerprint density at radius 2 is 1.68 bits per heavy atom. The standard InChI is InChI=1S/C21H22F4N2O/c22-15-8-11-19(21(23,24)25)18(12-15)20(28)27-17-9-6-14(7-10-17)13-26-16-4-2-1-3-5-16/h1-5,8,11-12,14,17,26H,6-7,9-10,13H2,(H,27,28)/t14-,17-. The van der Waals surface area contributed by atoms with Gasteiger partial charge >= 0.3 is 6.18 Å². The number of carbonyl (C=O) groups excluding carboxylic acids is 1. The topological polar surface area (TPSA) is 41.1 Å². The molecule has 0 heterocycles. The molecule has 1 amide bonds. The Kier molecular flexibility index (Phi) is 6.21. The van der Waals surface area contributed by atoms with E-state index < -0.39 is 29.0 Å².